The van der Waals surface area contributed by atoms with E-state index in [9.17, 15) is 14.4 Å². The number of hydrogen-bond acceptors (Lipinski definition) is 5. The maximum atomic E-state index is 12.6. The number of thioether (sulfide) groups is 1. The van der Waals surface area contributed by atoms with Crippen molar-refractivity contribution in [2.45, 2.75) is 25.0 Å². The van der Waals surface area contributed by atoms with E-state index in [1.165, 1.54) is 21.2 Å². The molecule has 8 nitrogen and oxygen atoms in total. The molecule has 0 bridgehead atoms. The highest BCUT2D eigenvalue weighted by Crippen LogP contribution is 2.29. The molecule has 0 saturated heterocycles. The van der Waals surface area contributed by atoms with Crippen molar-refractivity contribution >= 4 is 35.0 Å². The smallest absolute Gasteiger partial charge is 0.323 e. The number of rotatable bonds is 5. The minimum atomic E-state index is -0.283. The van der Waals surface area contributed by atoms with Crippen molar-refractivity contribution in [3.8, 4) is 0 Å². The SMILES string of the molecule is CCCn1c(SCC(=O)N2CC(=O)Nc3ccccc32)n[nH]c1=O. The van der Waals surface area contributed by atoms with Crippen LogP contribution < -0.4 is 15.9 Å². The lowest BCUT2D eigenvalue weighted by atomic mass is 10.2. The van der Waals surface area contributed by atoms with Gasteiger partial charge in [-0.05, 0) is 18.6 Å². The molecule has 1 aliphatic rings. The molecule has 0 atom stereocenters. The van der Waals surface area contributed by atoms with E-state index in [1.54, 1.807) is 18.2 Å². The molecule has 0 spiro atoms. The Morgan fingerprint density at radius 1 is 1.33 bits per heavy atom. The third-order valence-electron chi connectivity index (χ3n) is 3.57. The second-order valence-electron chi connectivity index (χ2n) is 5.30. The zero-order chi connectivity index (χ0) is 17.1. The van der Waals surface area contributed by atoms with Gasteiger partial charge in [-0.15, -0.1) is 5.10 Å². The van der Waals surface area contributed by atoms with Gasteiger partial charge in [0.05, 0.1) is 17.1 Å². The Hall–Kier alpha value is -2.55. The van der Waals surface area contributed by atoms with E-state index in [0.717, 1.165) is 6.42 Å². The van der Waals surface area contributed by atoms with Gasteiger partial charge in [-0.25, -0.2) is 9.89 Å². The van der Waals surface area contributed by atoms with Crippen LogP contribution >= 0.6 is 11.8 Å². The van der Waals surface area contributed by atoms with Crippen LogP contribution in [-0.2, 0) is 16.1 Å². The van der Waals surface area contributed by atoms with Crippen molar-refractivity contribution in [1.82, 2.24) is 14.8 Å². The number of aromatic nitrogens is 3. The summed E-state index contributed by atoms with van der Waals surface area (Å²) in [5.74, 6) is -0.342. The Morgan fingerprint density at radius 3 is 2.92 bits per heavy atom. The first kappa shape index (κ1) is 16.3. The van der Waals surface area contributed by atoms with Gasteiger partial charge < -0.3 is 10.2 Å². The van der Waals surface area contributed by atoms with Gasteiger partial charge >= 0.3 is 5.69 Å². The molecule has 0 unspecified atom stereocenters. The third kappa shape index (κ3) is 3.21. The summed E-state index contributed by atoms with van der Waals surface area (Å²) in [4.78, 5) is 37.5. The van der Waals surface area contributed by atoms with Gasteiger partial charge in [0.1, 0.15) is 6.54 Å². The lowest BCUT2D eigenvalue weighted by molar-refractivity contribution is -0.120. The highest BCUT2D eigenvalue weighted by Gasteiger charge is 2.26. The molecule has 0 radical (unpaired) electrons. The first-order valence-electron chi connectivity index (χ1n) is 7.57. The Bertz CT molecular complexity index is 829. The summed E-state index contributed by atoms with van der Waals surface area (Å²) in [7, 11) is 0. The first-order valence-corrected chi connectivity index (χ1v) is 8.56. The second-order valence-corrected chi connectivity index (χ2v) is 6.24. The van der Waals surface area contributed by atoms with E-state index >= 15 is 0 Å². The number of H-pyrrole nitrogens is 1. The van der Waals surface area contributed by atoms with Crippen molar-refractivity contribution in [2.75, 3.05) is 22.5 Å². The lowest BCUT2D eigenvalue weighted by Gasteiger charge is -2.29. The molecule has 1 aromatic carbocycles. The fourth-order valence-electron chi connectivity index (χ4n) is 2.49. The molecule has 2 aromatic rings. The highest BCUT2D eigenvalue weighted by atomic mass is 32.2. The fourth-order valence-corrected chi connectivity index (χ4v) is 3.34. The summed E-state index contributed by atoms with van der Waals surface area (Å²) in [6.45, 7) is 2.49. The van der Waals surface area contributed by atoms with Crippen LogP contribution in [0.15, 0.2) is 34.2 Å². The van der Waals surface area contributed by atoms with Crippen LogP contribution in [0.4, 0.5) is 11.4 Å². The lowest BCUT2D eigenvalue weighted by Crippen LogP contribution is -2.43. The molecular weight excluding hydrogens is 330 g/mol. The van der Waals surface area contributed by atoms with E-state index in [0.29, 0.717) is 23.1 Å². The summed E-state index contributed by atoms with van der Waals surface area (Å²) in [5, 5.41) is 9.57. The number of aromatic amines is 1. The number of para-hydroxylation sites is 2. The minimum absolute atomic E-state index is 0.0151. The maximum Gasteiger partial charge on any atom is 0.343 e. The van der Waals surface area contributed by atoms with Gasteiger partial charge in [0.15, 0.2) is 5.16 Å². The number of carbonyl (C=O) groups excluding carboxylic acids is 2. The van der Waals surface area contributed by atoms with Crippen molar-refractivity contribution in [3.05, 3.63) is 34.7 Å². The Kier molecular flexibility index (Phi) is 4.70. The second kappa shape index (κ2) is 6.91. The number of hydrogen-bond donors (Lipinski definition) is 2. The monoisotopic (exact) mass is 347 g/mol. The minimum Gasteiger partial charge on any atom is -0.323 e. The highest BCUT2D eigenvalue weighted by molar-refractivity contribution is 7.99. The molecule has 0 saturated carbocycles. The largest absolute Gasteiger partial charge is 0.343 e. The molecule has 0 aliphatic carbocycles. The Morgan fingerprint density at radius 2 is 2.12 bits per heavy atom. The normalized spacial score (nSPS) is 13.5. The molecule has 1 aromatic heterocycles. The van der Waals surface area contributed by atoms with E-state index in [1.807, 2.05) is 13.0 Å². The van der Waals surface area contributed by atoms with Crippen molar-refractivity contribution in [1.29, 1.82) is 0 Å². The molecule has 3 rings (SSSR count). The van der Waals surface area contributed by atoms with Gasteiger partial charge in [-0.2, -0.15) is 0 Å². The number of fused-ring (bicyclic) bond motifs is 1. The average molecular weight is 347 g/mol. The summed E-state index contributed by atoms with van der Waals surface area (Å²) >= 11 is 1.18. The maximum absolute atomic E-state index is 12.6. The van der Waals surface area contributed by atoms with E-state index in [4.69, 9.17) is 0 Å². The first-order chi connectivity index (χ1) is 11.6. The standard InChI is InChI=1S/C15H17N5O3S/c1-2-7-19-14(23)17-18-15(19)24-9-13(22)20-8-12(21)16-10-5-3-4-6-11(10)20/h3-6H,2,7-9H2,1H3,(H,16,21)(H,17,23). The van der Waals surface area contributed by atoms with Crippen LogP contribution in [0.1, 0.15) is 13.3 Å². The third-order valence-corrected chi connectivity index (χ3v) is 4.53. The molecule has 2 heterocycles. The molecule has 2 N–H and O–H groups in total. The van der Waals surface area contributed by atoms with Gasteiger partial charge in [0.25, 0.3) is 0 Å². The Labute approximate surface area is 142 Å². The van der Waals surface area contributed by atoms with Crippen LogP contribution in [0, 0.1) is 0 Å². The van der Waals surface area contributed by atoms with Crippen LogP contribution in [0.25, 0.3) is 0 Å². The predicted molar refractivity (Wildman–Crippen MR) is 91.3 cm³/mol. The fraction of sp³-hybridized carbons (Fsp3) is 0.333. The molecule has 126 valence electrons. The number of nitrogens with one attached hydrogen (secondary N) is 2. The summed E-state index contributed by atoms with van der Waals surface area (Å²) < 4.78 is 1.51. The van der Waals surface area contributed by atoms with Crippen molar-refractivity contribution in [2.24, 2.45) is 0 Å². The van der Waals surface area contributed by atoms with Gasteiger partial charge in [-0.1, -0.05) is 30.8 Å². The summed E-state index contributed by atoms with van der Waals surface area (Å²) in [5.41, 5.74) is 1.01. The zero-order valence-electron chi connectivity index (χ0n) is 13.1. The van der Waals surface area contributed by atoms with E-state index < -0.39 is 0 Å². The van der Waals surface area contributed by atoms with Gasteiger partial charge in [-0.3, -0.25) is 14.2 Å². The number of anilines is 2. The van der Waals surface area contributed by atoms with Crippen LogP contribution in [0.5, 0.6) is 0 Å². The quantitative estimate of drug-likeness (QED) is 0.788. The topological polar surface area (TPSA) is 100 Å². The summed E-state index contributed by atoms with van der Waals surface area (Å²) in [6, 6.07) is 7.16. The molecule has 24 heavy (non-hydrogen) atoms. The number of benzene rings is 1. The van der Waals surface area contributed by atoms with E-state index in [2.05, 4.69) is 15.5 Å². The van der Waals surface area contributed by atoms with Crippen LogP contribution in [0.3, 0.4) is 0 Å². The molecule has 0 fully saturated rings. The molecule has 9 heteroatoms. The number of amides is 2. The zero-order valence-corrected chi connectivity index (χ0v) is 13.9. The van der Waals surface area contributed by atoms with Crippen molar-refractivity contribution in [3.63, 3.8) is 0 Å². The average Bonchev–Trinajstić information content (AvgIpc) is 2.92. The predicted octanol–water partition coefficient (Wildman–Crippen LogP) is 1.06. The molecule has 1 aliphatic heterocycles. The van der Waals surface area contributed by atoms with Gasteiger partial charge in [0.2, 0.25) is 11.8 Å². The van der Waals surface area contributed by atoms with Crippen LogP contribution in [-0.4, -0.2) is 38.9 Å². The number of nitrogens with zero attached hydrogens (tertiary/aromatic N) is 3. The van der Waals surface area contributed by atoms with E-state index in [-0.39, 0.29) is 29.8 Å². The summed E-state index contributed by atoms with van der Waals surface area (Å²) in [6.07, 6.45) is 0.792. The van der Waals surface area contributed by atoms with Gasteiger partial charge in [0, 0.05) is 6.54 Å². The molecular formula is C15H17N5O3S. The van der Waals surface area contributed by atoms with Crippen LogP contribution in [0.2, 0.25) is 0 Å². The van der Waals surface area contributed by atoms with Crippen molar-refractivity contribution < 1.29 is 9.59 Å². The Balaban J connectivity index is 1.74. The number of carbonyl (C=O) groups is 2. The molecule has 2 amide bonds.